The molecule has 2 aromatic heterocycles. The van der Waals surface area contributed by atoms with Crippen molar-refractivity contribution in [2.24, 2.45) is 0 Å². The van der Waals surface area contributed by atoms with E-state index in [0.717, 1.165) is 21.7 Å². The van der Waals surface area contributed by atoms with Crippen LogP contribution in [0.5, 0.6) is 0 Å². The molecule has 6 nitrogen and oxygen atoms in total. The van der Waals surface area contributed by atoms with Crippen molar-refractivity contribution in [1.82, 2.24) is 20.3 Å². The predicted octanol–water partition coefficient (Wildman–Crippen LogP) is 3.52. The molecule has 21 heavy (non-hydrogen) atoms. The molecule has 0 amide bonds. The molecule has 2 heterocycles. The second kappa shape index (κ2) is 7.22. The number of thioether (sulfide) groups is 1. The van der Waals surface area contributed by atoms with Crippen LogP contribution in [0.3, 0.4) is 0 Å². The Morgan fingerprint density at radius 1 is 1.29 bits per heavy atom. The van der Waals surface area contributed by atoms with E-state index >= 15 is 0 Å². The summed E-state index contributed by atoms with van der Waals surface area (Å²) in [4.78, 5) is 4.29. The van der Waals surface area contributed by atoms with Gasteiger partial charge in [-0.05, 0) is 12.8 Å². The highest BCUT2D eigenvalue weighted by molar-refractivity contribution is 8.00. The van der Waals surface area contributed by atoms with Gasteiger partial charge in [0.15, 0.2) is 10.2 Å². The lowest BCUT2D eigenvalue weighted by molar-refractivity contribution is 0.385. The molecule has 0 saturated heterocycles. The molecule has 1 N–H and O–H groups in total. The highest BCUT2D eigenvalue weighted by Crippen LogP contribution is 2.29. The topological polar surface area (TPSA) is 76.7 Å². The summed E-state index contributed by atoms with van der Waals surface area (Å²) in [5.74, 6) is 2.04. The molecule has 0 unspecified atom stereocenters. The van der Waals surface area contributed by atoms with E-state index in [1.165, 1.54) is 32.1 Å². The number of nitrogens with one attached hydrogen (secondary N) is 1. The molecule has 1 aliphatic carbocycles. The molecule has 1 fully saturated rings. The standard InChI is InChI=1S/C13H19N5OS2/c1-2-10-15-11(19-18-10)8-20-13-17-16-12(21-13)14-9-6-4-3-5-7-9/h9H,2-8H2,1H3,(H,14,16). The molecule has 1 aliphatic rings. The Hall–Kier alpha value is -1.15. The maximum absolute atomic E-state index is 5.16. The first-order valence-corrected chi connectivity index (χ1v) is 9.18. The van der Waals surface area contributed by atoms with Crippen molar-refractivity contribution < 1.29 is 4.52 Å². The third kappa shape index (κ3) is 4.16. The lowest BCUT2D eigenvalue weighted by Gasteiger charge is -2.21. The predicted molar refractivity (Wildman–Crippen MR) is 83.6 cm³/mol. The van der Waals surface area contributed by atoms with E-state index in [0.29, 0.717) is 17.7 Å². The van der Waals surface area contributed by atoms with Crippen LogP contribution in [0.1, 0.15) is 50.7 Å². The normalized spacial score (nSPS) is 16.2. The van der Waals surface area contributed by atoms with Crippen molar-refractivity contribution in [2.45, 2.75) is 61.6 Å². The van der Waals surface area contributed by atoms with Crippen LogP contribution in [-0.2, 0) is 12.2 Å². The van der Waals surface area contributed by atoms with Crippen LogP contribution in [0.25, 0.3) is 0 Å². The van der Waals surface area contributed by atoms with Crippen molar-refractivity contribution in [3.8, 4) is 0 Å². The fourth-order valence-electron chi connectivity index (χ4n) is 2.36. The number of hydrogen-bond donors (Lipinski definition) is 1. The van der Waals surface area contributed by atoms with Gasteiger partial charge in [0, 0.05) is 12.5 Å². The van der Waals surface area contributed by atoms with Gasteiger partial charge in [-0.1, -0.05) is 54.4 Å². The monoisotopic (exact) mass is 325 g/mol. The van der Waals surface area contributed by atoms with Gasteiger partial charge in [0.2, 0.25) is 11.0 Å². The van der Waals surface area contributed by atoms with Crippen LogP contribution in [0.2, 0.25) is 0 Å². The average molecular weight is 325 g/mol. The number of hydrogen-bond acceptors (Lipinski definition) is 8. The van der Waals surface area contributed by atoms with Crippen LogP contribution in [0.15, 0.2) is 8.86 Å². The number of nitrogens with zero attached hydrogens (tertiary/aromatic N) is 4. The molecule has 8 heteroatoms. The second-order valence-electron chi connectivity index (χ2n) is 5.10. The van der Waals surface area contributed by atoms with Crippen molar-refractivity contribution >= 4 is 28.2 Å². The van der Waals surface area contributed by atoms with E-state index in [1.807, 2.05) is 6.92 Å². The third-order valence-corrected chi connectivity index (χ3v) is 5.46. The summed E-state index contributed by atoms with van der Waals surface area (Å²) >= 11 is 3.19. The zero-order valence-electron chi connectivity index (χ0n) is 12.0. The summed E-state index contributed by atoms with van der Waals surface area (Å²) in [5.41, 5.74) is 0. The fraction of sp³-hybridized carbons (Fsp3) is 0.692. The van der Waals surface area contributed by atoms with Gasteiger partial charge in [0.05, 0.1) is 5.75 Å². The zero-order valence-corrected chi connectivity index (χ0v) is 13.7. The number of rotatable bonds is 6. The van der Waals surface area contributed by atoms with Crippen molar-refractivity contribution in [2.75, 3.05) is 5.32 Å². The van der Waals surface area contributed by atoms with E-state index in [-0.39, 0.29) is 0 Å². The van der Waals surface area contributed by atoms with E-state index in [2.05, 4.69) is 25.7 Å². The van der Waals surface area contributed by atoms with Gasteiger partial charge < -0.3 is 9.84 Å². The van der Waals surface area contributed by atoms with Crippen molar-refractivity contribution in [3.05, 3.63) is 11.7 Å². The largest absolute Gasteiger partial charge is 0.357 e. The highest BCUT2D eigenvalue weighted by atomic mass is 32.2. The number of anilines is 1. The van der Waals surface area contributed by atoms with Crippen LogP contribution in [-0.4, -0.2) is 26.4 Å². The number of aryl methyl sites for hydroxylation is 1. The minimum absolute atomic E-state index is 0.563. The number of aromatic nitrogens is 4. The molecule has 3 rings (SSSR count). The maximum atomic E-state index is 5.16. The summed E-state index contributed by atoms with van der Waals surface area (Å²) in [7, 11) is 0. The van der Waals surface area contributed by atoms with Gasteiger partial charge >= 0.3 is 0 Å². The lowest BCUT2D eigenvalue weighted by Crippen LogP contribution is -2.21. The minimum Gasteiger partial charge on any atom is -0.357 e. The quantitative estimate of drug-likeness (QED) is 0.814. The molecule has 114 valence electrons. The molecule has 0 spiro atoms. The second-order valence-corrected chi connectivity index (χ2v) is 7.30. The van der Waals surface area contributed by atoms with Crippen LogP contribution in [0.4, 0.5) is 5.13 Å². The average Bonchev–Trinajstić information content (AvgIpc) is 3.15. The lowest BCUT2D eigenvalue weighted by atomic mass is 9.96. The summed E-state index contributed by atoms with van der Waals surface area (Å²) in [6.45, 7) is 2.01. The molecule has 1 saturated carbocycles. The Morgan fingerprint density at radius 2 is 2.14 bits per heavy atom. The first-order valence-electron chi connectivity index (χ1n) is 7.38. The molecule has 0 bridgehead atoms. The van der Waals surface area contributed by atoms with Gasteiger partial charge in [-0.2, -0.15) is 4.98 Å². The van der Waals surface area contributed by atoms with Crippen molar-refractivity contribution in [1.29, 1.82) is 0 Å². The fourth-order valence-corrected chi connectivity index (χ4v) is 4.03. The van der Waals surface area contributed by atoms with Gasteiger partial charge in [-0.3, -0.25) is 0 Å². The first kappa shape index (κ1) is 14.8. The summed E-state index contributed by atoms with van der Waals surface area (Å²) in [6, 6.07) is 0.563. The Balaban J connectivity index is 1.50. The summed E-state index contributed by atoms with van der Waals surface area (Å²) < 4.78 is 6.10. The first-order chi connectivity index (χ1) is 10.3. The molecule has 2 aromatic rings. The molecule has 0 aromatic carbocycles. The third-order valence-electron chi connectivity index (χ3n) is 3.48. The van der Waals surface area contributed by atoms with Gasteiger partial charge in [-0.25, -0.2) is 0 Å². The van der Waals surface area contributed by atoms with Crippen LogP contribution in [0, 0.1) is 0 Å². The minimum atomic E-state index is 0.563. The van der Waals surface area contributed by atoms with Gasteiger partial charge in [0.1, 0.15) is 0 Å². The van der Waals surface area contributed by atoms with E-state index in [9.17, 15) is 0 Å². The zero-order chi connectivity index (χ0) is 14.5. The molecule has 0 radical (unpaired) electrons. The Morgan fingerprint density at radius 3 is 2.90 bits per heavy atom. The Kier molecular flexibility index (Phi) is 5.08. The van der Waals surface area contributed by atoms with Crippen LogP contribution >= 0.6 is 23.1 Å². The van der Waals surface area contributed by atoms with E-state index in [4.69, 9.17) is 4.52 Å². The highest BCUT2D eigenvalue weighted by Gasteiger charge is 2.15. The Labute approximate surface area is 132 Å². The summed E-state index contributed by atoms with van der Waals surface area (Å²) in [6.07, 6.45) is 7.26. The van der Waals surface area contributed by atoms with Crippen LogP contribution < -0.4 is 5.32 Å². The maximum Gasteiger partial charge on any atom is 0.237 e. The molecular weight excluding hydrogens is 306 g/mol. The summed E-state index contributed by atoms with van der Waals surface area (Å²) in [5, 5.41) is 16.7. The van der Waals surface area contributed by atoms with Gasteiger partial charge in [0.25, 0.3) is 0 Å². The molecule has 0 aliphatic heterocycles. The van der Waals surface area contributed by atoms with Crippen molar-refractivity contribution in [3.63, 3.8) is 0 Å². The SMILES string of the molecule is CCc1noc(CSc2nnc(NC3CCCCC3)s2)n1. The molecule has 0 atom stereocenters. The smallest absolute Gasteiger partial charge is 0.237 e. The van der Waals surface area contributed by atoms with E-state index in [1.54, 1.807) is 23.1 Å². The molecular formula is C13H19N5OS2. The van der Waals surface area contributed by atoms with Gasteiger partial charge in [-0.15, -0.1) is 10.2 Å². The Bertz CT molecular complexity index is 564. The van der Waals surface area contributed by atoms with E-state index < -0.39 is 0 Å².